The molecule has 4 heteroatoms. The van der Waals surface area contributed by atoms with Crippen LogP contribution in [0.3, 0.4) is 0 Å². The van der Waals surface area contributed by atoms with Crippen LogP contribution in [0.1, 0.15) is 5.56 Å². The van der Waals surface area contributed by atoms with Gasteiger partial charge < -0.3 is 9.52 Å². The van der Waals surface area contributed by atoms with Gasteiger partial charge in [0.15, 0.2) is 0 Å². The van der Waals surface area contributed by atoms with Crippen LogP contribution in [0, 0.1) is 3.57 Å². The largest absolute Gasteiger partial charge is 0.456 e. The first kappa shape index (κ1) is 11.7. The minimum atomic E-state index is -0.0670. The smallest absolute Gasteiger partial charge is 0.201 e. The van der Waals surface area contributed by atoms with Crippen LogP contribution in [0.5, 0.6) is 0 Å². The lowest BCUT2D eigenvalue weighted by Crippen LogP contribution is -2.04. The summed E-state index contributed by atoms with van der Waals surface area (Å²) in [5.74, 6) is 0. The highest BCUT2D eigenvalue weighted by Gasteiger charge is 2.11. The quantitative estimate of drug-likeness (QED) is 0.541. The first-order valence-corrected chi connectivity index (χ1v) is 6.53. The van der Waals surface area contributed by atoms with E-state index in [0.717, 1.165) is 9.13 Å². The van der Waals surface area contributed by atoms with E-state index in [1.54, 1.807) is 24.3 Å². The topological polar surface area (TPSA) is 50.4 Å². The van der Waals surface area contributed by atoms with E-state index in [2.05, 4.69) is 22.6 Å². The number of rotatable bonds is 1. The van der Waals surface area contributed by atoms with Crippen molar-refractivity contribution in [3.63, 3.8) is 0 Å². The van der Waals surface area contributed by atoms with Gasteiger partial charge in [0.25, 0.3) is 0 Å². The Morgan fingerprint density at radius 1 is 1.17 bits per heavy atom. The molecular formula is C14H9IO3. The molecule has 0 amide bonds. The van der Waals surface area contributed by atoms with Crippen molar-refractivity contribution >= 4 is 44.5 Å². The summed E-state index contributed by atoms with van der Waals surface area (Å²) in [7, 11) is 0. The molecule has 1 heterocycles. The van der Waals surface area contributed by atoms with E-state index in [-0.39, 0.29) is 12.0 Å². The average molecular weight is 352 g/mol. The van der Waals surface area contributed by atoms with Crippen molar-refractivity contribution in [2.45, 2.75) is 6.61 Å². The van der Waals surface area contributed by atoms with Crippen molar-refractivity contribution in [2.24, 2.45) is 0 Å². The van der Waals surface area contributed by atoms with Gasteiger partial charge in [0.1, 0.15) is 11.2 Å². The summed E-state index contributed by atoms with van der Waals surface area (Å²) in [5.41, 5.74) is 1.81. The number of fused-ring (bicyclic) bond motifs is 2. The van der Waals surface area contributed by atoms with E-state index in [0.29, 0.717) is 21.9 Å². The second-order valence-corrected chi connectivity index (χ2v) is 5.20. The Bertz CT molecular complexity index is 805. The fourth-order valence-corrected chi connectivity index (χ4v) is 2.93. The van der Waals surface area contributed by atoms with Crippen molar-refractivity contribution in [3.05, 3.63) is 55.8 Å². The number of hydrogen-bond acceptors (Lipinski definition) is 3. The van der Waals surface area contributed by atoms with Crippen molar-refractivity contribution in [3.8, 4) is 0 Å². The second kappa shape index (κ2) is 4.37. The monoisotopic (exact) mass is 352 g/mol. The van der Waals surface area contributed by atoms with Crippen LogP contribution in [0.15, 0.2) is 45.6 Å². The number of benzene rings is 2. The highest BCUT2D eigenvalue weighted by atomic mass is 127. The zero-order valence-corrected chi connectivity index (χ0v) is 11.5. The minimum Gasteiger partial charge on any atom is -0.456 e. The standard InChI is InChI=1S/C14H9IO3/c15-10-5-8(7-16)6-12-13(10)14(17)9-3-1-2-4-11(9)18-12/h1-6,16H,7H2. The third-order valence-electron chi connectivity index (χ3n) is 2.88. The molecule has 0 saturated carbocycles. The van der Waals surface area contributed by atoms with Gasteiger partial charge in [0.05, 0.1) is 17.4 Å². The maximum Gasteiger partial charge on any atom is 0.201 e. The predicted octanol–water partition coefficient (Wildman–Crippen LogP) is 3.04. The molecule has 1 aromatic heterocycles. The van der Waals surface area contributed by atoms with Gasteiger partial charge in [-0.25, -0.2) is 0 Å². The molecule has 0 aliphatic rings. The molecular weight excluding hydrogens is 343 g/mol. The lowest BCUT2D eigenvalue weighted by atomic mass is 10.1. The number of aliphatic hydroxyl groups excluding tert-OH is 1. The van der Waals surface area contributed by atoms with Crippen molar-refractivity contribution in [1.29, 1.82) is 0 Å². The lowest BCUT2D eigenvalue weighted by molar-refractivity contribution is 0.282. The molecule has 0 spiro atoms. The number of aliphatic hydroxyl groups is 1. The van der Waals surface area contributed by atoms with Gasteiger partial charge in [0.2, 0.25) is 5.43 Å². The third kappa shape index (κ3) is 1.72. The molecule has 90 valence electrons. The first-order chi connectivity index (χ1) is 8.70. The Morgan fingerprint density at radius 3 is 2.72 bits per heavy atom. The lowest BCUT2D eigenvalue weighted by Gasteiger charge is -2.05. The molecule has 3 nitrogen and oxygen atoms in total. The van der Waals surface area contributed by atoms with Gasteiger partial charge >= 0.3 is 0 Å². The highest BCUT2D eigenvalue weighted by molar-refractivity contribution is 14.1. The highest BCUT2D eigenvalue weighted by Crippen LogP contribution is 2.24. The Morgan fingerprint density at radius 2 is 1.94 bits per heavy atom. The number of hydrogen-bond donors (Lipinski definition) is 1. The zero-order valence-electron chi connectivity index (χ0n) is 9.31. The number of halogens is 1. The first-order valence-electron chi connectivity index (χ1n) is 5.45. The molecule has 0 fully saturated rings. The van der Waals surface area contributed by atoms with E-state index in [9.17, 15) is 9.90 Å². The van der Waals surface area contributed by atoms with Crippen LogP contribution in [0.2, 0.25) is 0 Å². The Balaban J connectivity index is 2.56. The van der Waals surface area contributed by atoms with E-state index in [1.807, 2.05) is 12.1 Å². The molecule has 0 aliphatic heterocycles. The van der Waals surface area contributed by atoms with Crippen LogP contribution in [0.25, 0.3) is 21.9 Å². The van der Waals surface area contributed by atoms with Crippen molar-refractivity contribution in [2.75, 3.05) is 0 Å². The fraction of sp³-hybridized carbons (Fsp3) is 0.0714. The van der Waals surface area contributed by atoms with Crippen LogP contribution in [0.4, 0.5) is 0 Å². The maximum absolute atomic E-state index is 12.4. The molecule has 2 aromatic carbocycles. The molecule has 0 unspecified atom stereocenters. The molecule has 0 aliphatic carbocycles. The van der Waals surface area contributed by atoms with Crippen molar-refractivity contribution < 1.29 is 9.52 Å². The predicted molar refractivity (Wildman–Crippen MR) is 78.6 cm³/mol. The van der Waals surface area contributed by atoms with E-state index >= 15 is 0 Å². The Hall–Kier alpha value is -1.40. The summed E-state index contributed by atoms with van der Waals surface area (Å²) in [5, 5.41) is 10.3. The SMILES string of the molecule is O=c1c2ccccc2oc2cc(CO)cc(I)c12. The normalized spacial score (nSPS) is 11.2. The molecule has 1 N–H and O–H groups in total. The number of para-hydroxylation sites is 1. The minimum absolute atomic E-state index is 0.0271. The summed E-state index contributed by atoms with van der Waals surface area (Å²) in [6, 6.07) is 10.7. The average Bonchev–Trinajstić information content (AvgIpc) is 2.38. The van der Waals surface area contributed by atoms with Gasteiger partial charge in [-0.1, -0.05) is 12.1 Å². The molecule has 0 bridgehead atoms. The molecule has 3 rings (SSSR count). The van der Waals surface area contributed by atoms with Crippen LogP contribution >= 0.6 is 22.6 Å². The Kier molecular flexibility index (Phi) is 2.83. The fourth-order valence-electron chi connectivity index (χ4n) is 2.02. The second-order valence-electron chi connectivity index (χ2n) is 4.04. The summed E-state index contributed by atoms with van der Waals surface area (Å²) in [6.45, 7) is -0.0670. The van der Waals surface area contributed by atoms with Crippen LogP contribution in [-0.4, -0.2) is 5.11 Å². The van der Waals surface area contributed by atoms with Gasteiger partial charge in [-0.2, -0.15) is 0 Å². The van der Waals surface area contributed by atoms with E-state index in [4.69, 9.17) is 4.42 Å². The molecule has 18 heavy (non-hydrogen) atoms. The zero-order chi connectivity index (χ0) is 12.7. The molecule has 0 radical (unpaired) electrons. The van der Waals surface area contributed by atoms with E-state index < -0.39 is 0 Å². The molecule has 0 saturated heterocycles. The van der Waals surface area contributed by atoms with Crippen LogP contribution in [-0.2, 0) is 6.61 Å². The Labute approximate surface area is 116 Å². The summed E-state index contributed by atoms with van der Waals surface area (Å²) < 4.78 is 6.53. The molecule has 0 atom stereocenters. The third-order valence-corrected chi connectivity index (χ3v) is 3.73. The summed E-state index contributed by atoms with van der Waals surface area (Å²) in [6.07, 6.45) is 0. The summed E-state index contributed by atoms with van der Waals surface area (Å²) in [4.78, 5) is 12.4. The van der Waals surface area contributed by atoms with E-state index in [1.165, 1.54) is 0 Å². The van der Waals surface area contributed by atoms with Gasteiger partial charge in [-0.3, -0.25) is 4.79 Å². The maximum atomic E-state index is 12.4. The van der Waals surface area contributed by atoms with Gasteiger partial charge in [-0.05, 0) is 52.4 Å². The van der Waals surface area contributed by atoms with Gasteiger partial charge in [0, 0.05) is 3.57 Å². The van der Waals surface area contributed by atoms with Gasteiger partial charge in [-0.15, -0.1) is 0 Å². The molecule has 3 aromatic rings. The van der Waals surface area contributed by atoms with Crippen LogP contribution < -0.4 is 5.43 Å². The summed E-state index contributed by atoms with van der Waals surface area (Å²) >= 11 is 2.09. The van der Waals surface area contributed by atoms with Crippen molar-refractivity contribution in [1.82, 2.24) is 0 Å².